The minimum Gasteiger partial charge on any atom is -0.492 e. The average Bonchev–Trinajstić information content (AvgIpc) is 2.38. The highest BCUT2D eigenvalue weighted by atomic mass is 19.4. The Labute approximate surface area is 115 Å². The highest BCUT2D eigenvalue weighted by Crippen LogP contribution is 2.17. The molecule has 0 atom stereocenters. The van der Waals surface area contributed by atoms with Crippen molar-refractivity contribution in [2.45, 2.75) is 19.3 Å². The summed E-state index contributed by atoms with van der Waals surface area (Å²) in [5, 5.41) is 0. The number of rotatable bonds is 5. The number of benzene rings is 1. The van der Waals surface area contributed by atoms with Gasteiger partial charge in [0.15, 0.2) is 0 Å². The van der Waals surface area contributed by atoms with Crippen molar-refractivity contribution in [3.8, 4) is 5.75 Å². The van der Waals surface area contributed by atoms with Gasteiger partial charge in [0.05, 0.1) is 5.82 Å². The first-order chi connectivity index (χ1) is 9.47. The fourth-order valence-corrected chi connectivity index (χ4v) is 2.34. The van der Waals surface area contributed by atoms with E-state index < -0.39 is 18.3 Å². The number of likely N-dealkylation sites (tertiary alicyclic amines) is 1. The van der Waals surface area contributed by atoms with Gasteiger partial charge in [-0.15, -0.1) is 0 Å². The van der Waals surface area contributed by atoms with Gasteiger partial charge in [-0.3, -0.25) is 4.90 Å². The van der Waals surface area contributed by atoms with Crippen LogP contribution in [0.2, 0.25) is 0 Å². The van der Waals surface area contributed by atoms with Gasteiger partial charge in [-0.1, -0.05) is 17.9 Å². The number of piperidine rings is 1. The number of hydrogen-bond acceptors (Lipinski definition) is 2. The average molecular weight is 290 g/mol. The van der Waals surface area contributed by atoms with Crippen LogP contribution in [0.15, 0.2) is 18.2 Å². The number of ether oxygens (including phenoxy) is 1. The van der Waals surface area contributed by atoms with E-state index in [4.69, 9.17) is 4.74 Å². The molecule has 0 saturated carbocycles. The monoisotopic (exact) mass is 290 g/mol. The third-order valence-corrected chi connectivity index (χ3v) is 3.45. The van der Waals surface area contributed by atoms with Gasteiger partial charge >= 0.3 is 6.98 Å². The second-order valence-corrected chi connectivity index (χ2v) is 5.01. The Hall–Kier alpha value is -1.24. The van der Waals surface area contributed by atoms with Crippen LogP contribution in [0.1, 0.15) is 19.3 Å². The van der Waals surface area contributed by atoms with E-state index in [1.54, 1.807) is 0 Å². The second kappa shape index (κ2) is 6.48. The second-order valence-electron chi connectivity index (χ2n) is 5.01. The Morgan fingerprint density at radius 2 is 1.80 bits per heavy atom. The van der Waals surface area contributed by atoms with Gasteiger partial charge in [0, 0.05) is 12.6 Å². The molecule has 112 valence electrons. The van der Waals surface area contributed by atoms with E-state index in [0.717, 1.165) is 38.1 Å². The number of nitrogens with zero attached hydrogens (tertiary/aromatic N) is 1. The predicted molar refractivity (Wildman–Crippen MR) is 70.9 cm³/mol. The minimum absolute atomic E-state index is 0.142. The Morgan fingerprint density at radius 3 is 2.40 bits per heavy atom. The van der Waals surface area contributed by atoms with Crippen molar-refractivity contribution in [3.63, 3.8) is 0 Å². The summed E-state index contributed by atoms with van der Waals surface area (Å²) in [5.74, 6) is -1.13. The van der Waals surface area contributed by atoms with Crippen LogP contribution in [0.4, 0.5) is 17.3 Å². The summed E-state index contributed by atoms with van der Waals surface area (Å²) in [6.45, 7) is -2.20. The van der Waals surface area contributed by atoms with Crippen molar-refractivity contribution in [2.75, 3.05) is 26.2 Å². The fraction of sp³-hybridized carbons (Fsp3) is 0.538. The molecule has 1 heterocycles. The molecule has 0 unspecified atom stereocenters. The van der Waals surface area contributed by atoms with Crippen molar-refractivity contribution in [1.29, 1.82) is 0 Å². The zero-order valence-electron chi connectivity index (χ0n) is 11.1. The molecule has 0 bridgehead atoms. The lowest BCUT2D eigenvalue weighted by Crippen LogP contribution is -2.36. The van der Waals surface area contributed by atoms with Crippen LogP contribution < -0.4 is 10.2 Å². The van der Waals surface area contributed by atoms with Gasteiger partial charge in [0.2, 0.25) is 0 Å². The summed E-state index contributed by atoms with van der Waals surface area (Å²) in [6, 6.07) is 2.72. The van der Waals surface area contributed by atoms with Crippen LogP contribution in [-0.2, 0) is 0 Å². The highest BCUT2D eigenvalue weighted by molar-refractivity contribution is 6.73. The van der Waals surface area contributed by atoms with Crippen molar-refractivity contribution in [3.05, 3.63) is 24.0 Å². The van der Waals surface area contributed by atoms with Gasteiger partial charge in [-0.2, -0.15) is 0 Å². The molecule has 1 aliphatic heterocycles. The highest BCUT2D eigenvalue weighted by Gasteiger charge is 2.28. The van der Waals surface area contributed by atoms with Crippen molar-refractivity contribution < 1.29 is 22.1 Å². The Bertz CT molecular complexity index is 446. The fourth-order valence-electron chi connectivity index (χ4n) is 2.34. The summed E-state index contributed by atoms with van der Waals surface area (Å²) in [6.07, 6.45) is 3.57. The minimum atomic E-state index is -5.31. The van der Waals surface area contributed by atoms with E-state index in [1.165, 1.54) is 12.5 Å². The molecular weight excluding hydrogens is 273 g/mol. The van der Waals surface area contributed by atoms with E-state index in [1.807, 2.05) is 0 Å². The van der Waals surface area contributed by atoms with Crippen LogP contribution in [0.25, 0.3) is 0 Å². The Balaban J connectivity index is 1.85. The van der Waals surface area contributed by atoms with Gasteiger partial charge in [0.25, 0.3) is 0 Å². The maximum atomic E-state index is 13.3. The van der Waals surface area contributed by atoms with Gasteiger partial charge in [-0.05, 0) is 32.0 Å². The van der Waals surface area contributed by atoms with Gasteiger partial charge in [0.1, 0.15) is 12.4 Å². The molecule has 1 fully saturated rings. The maximum absolute atomic E-state index is 13.3. The molecule has 0 radical (unpaired) electrons. The third kappa shape index (κ3) is 4.13. The van der Waals surface area contributed by atoms with Crippen molar-refractivity contribution in [1.82, 2.24) is 4.90 Å². The quantitative estimate of drug-likeness (QED) is 0.610. The molecular formula is C13H17BF4NO-. The van der Waals surface area contributed by atoms with Crippen LogP contribution in [0, 0.1) is 5.82 Å². The van der Waals surface area contributed by atoms with E-state index in [9.17, 15) is 17.3 Å². The first-order valence-corrected chi connectivity index (χ1v) is 6.81. The third-order valence-electron chi connectivity index (χ3n) is 3.45. The molecule has 0 aliphatic carbocycles. The normalized spacial score (nSPS) is 17.2. The van der Waals surface area contributed by atoms with E-state index in [0.29, 0.717) is 13.2 Å². The van der Waals surface area contributed by atoms with Crippen LogP contribution >= 0.6 is 0 Å². The van der Waals surface area contributed by atoms with E-state index in [-0.39, 0.29) is 5.75 Å². The Morgan fingerprint density at radius 1 is 1.10 bits per heavy atom. The zero-order valence-corrected chi connectivity index (χ0v) is 11.1. The molecule has 1 aromatic carbocycles. The molecule has 0 spiro atoms. The first kappa shape index (κ1) is 15.2. The summed E-state index contributed by atoms with van der Waals surface area (Å²) in [5.41, 5.74) is -1.20. The first-order valence-electron chi connectivity index (χ1n) is 6.81. The zero-order chi connectivity index (χ0) is 14.6. The van der Waals surface area contributed by atoms with Crippen molar-refractivity contribution >= 4 is 12.4 Å². The van der Waals surface area contributed by atoms with Gasteiger partial charge in [-0.25, -0.2) is 4.39 Å². The largest absolute Gasteiger partial charge is 0.512 e. The summed E-state index contributed by atoms with van der Waals surface area (Å²) >= 11 is 0. The molecule has 2 rings (SSSR count). The van der Waals surface area contributed by atoms with Gasteiger partial charge < -0.3 is 17.7 Å². The lowest BCUT2D eigenvalue weighted by atomic mass is 9.80. The summed E-state index contributed by atoms with van der Waals surface area (Å²) in [7, 11) is 0. The van der Waals surface area contributed by atoms with E-state index in [2.05, 4.69) is 4.90 Å². The molecule has 0 N–H and O–H groups in total. The lowest BCUT2D eigenvalue weighted by Gasteiger charge is -2.26. The van der Waals surface area contributed by atoms with Crippen LogP contribution in [0.3, 0.4) is 0 Å². The number of halogens is 4. The molecule has 7 heteroatoms. The molecule has 0 aromatic heterocycles. The summed E-state index contributed by atoms with van der Waals surface area (Å²) < 4.78 is 56.0. The molecule has 0 amide bonds. The standard InChI is InChI=1S/C13H17BF4NO/c15-13-10-11(4-5-12(13)14(16,17)18)20-9-8-19-6-2-1-3-7-19/h4-5,10H,1-3,6-9H2/q-1. The lowest BCUT2D eigenvalue weighted by molar-refractivity contribution is 0.183. The Kier molecular flexibility index (Phi) is 4.91. The maximum Gasteiger partial charge on any atom is 0.512 e. The van der Waals surface area contributed by atoms with Crippen molar-refractivity contribution in [2.24, 2.45) is 0 Å². The molecule has 1 aromatic rings. The smallest absolute Gasteiger partial charge is 0.492 e. The summed E-state index contributed by atoms with van der Waals surface area (Å²) in [4.78, 5) is 2.24. The number of hydrogen-bond donors (Lipinski definition) is 0. The molecule has 1 aliphatic rings. The molecule has 20 heavy (non-hydrogen) atoms. The van der Waals surface area contributed by atoms with E-state index >= 15 is 0 Å². The topological polar surface area (TPSA) is 12.5 Å². The SMILES string of the molecule is Fc1cc(OCCN2CCCCC2)ccc1[B-](F)(F)F. The van der Waals surface area contributed by atoms with Crippen LogP contribution in [-0.4, -0.2) is 38.1 Å². The molecule has 2 nitrogen and oxygen atoms in total. The van der Waals surface area contributed by atoms with Crippen LogP contribution in [0.5, 0.6) is 5.75 Å². The predicted octanol–water partition coefficient (Wildman–Crippen LogP) is 2.74. The molecule has 1 saturated heterocycles.